The maximum Gasteiger partial charge on any atom is 0.472 e. The van der Waals surface area contributed by atoms with Gasteiger partial charge in [-0.2, -0.15) is 0 Å². The second kappa shape index (κ2) is 70.7. The summed E-state index contributed by atoms with van der Waals surface area (Å²) >= 11 is 0. The highest BCUT2D eigenvalue weighted by atomic mass is 31.2. The van der Waals surface area contributed by atoms with Crippen LogP contribution in [0.2, 0.25) is 0 Å². The van der Waals surface area contributed by atoms with Crippen LogP contribution in [-0.2, 0) is 65.4 Å². The van der Waals surface area contributed by atoms with Gasteiger partial charge in [-0.3, -0.25) is 37.3 Å². The van der Waals surface area contributed by atoms with Crippen molar-refractivity contribution in [3.63, 3.8) is 0 Å². The Morgan fingerprint density at radius 2 is 0.469 bits per heavy atom. The molecule has 5 atom stereocenters. The van der Waals surface area contributed by atoms with Crippen molar-refractivity contribution >= 4 is 39.5 Å². The summed E-state index contributed by atoms with van der Waals surface area (Å²) in [6.07, 6.45) is 59.6. The van der Waals surface area contributed by atoms with E-state index in [0.717, 1.165) is 102 Å². The zero-order chi connectivity index (χ0) is 72.1. The Labute approximate surface area is 600 Å². The van der Waals surface area contributed by atoms with E-state index in [4.69, 9.17) is 37.0 Å². The van der Waals surface area contributed by atoms with E-state index in [2.05, 4.69) is 41.5 Å². The minimum atomic E-state index is -4.96. The van der Waals surface area contributed by atoms with Crippen LogP contribution < -0.4 is 0 Å². The molecule has 0 bridgehead atoms. The summed E-state index contributed by atoms with van der Waals surface area (Å²) < 4.78 is 68.6. The number of carbonyl (C=O) groups excluding carboxylic acids is 4. The first kappa shape index (κ1) is 96.1. The van der Waals surface area contributed by atoms with Crippen molar-refractivity contribution in [3.05, 3.63) is 0 Å². The van der Waals surface area contributed by atoms with Gasteiger partial charge in [0, 0.05) is 25.7 Å². The average Bonchev–Trinajstić information content (AvgIpc) is 1.13. The Morgan fingerprint density at radius 1 is 0.276 bits per heavy atom. The van der Waals surface area contributed by atoms with Crippen LogP contribution in [0, 0.1) is 11.8 Å². The van der Waals surface area contributed by atoms with E-state index in [1.807, 2.05) is 0 Å². The number of phosphoric acid groups is 2. The van der Waals surface area contributed by atoms with Gasteiger partial charge < -0.3 is 33.8 Å². The molecule has 0 aliphatic heterocycles. The zero-order valence-corrected chi connectivity index (χ0v) is 65.9. The van der Waals surface area contributed by atoms with Gasteiger partial charge >= 0.3 is 39.5 Å². The molecule has 0 amide bonds. The van der Waals surface area contributed by atoms with E-state index in [9.17, 15) is 43.2 Å². The van der Waals surface area contributed by atoms with E-state index in [-0.39, 0.29) is 25.7 Å². The van der Waals surface area contributed by atoms with Gasteiger partial charge in [0.1, 0.15) is 19.3 Å². The van der Waals surface area contributed by atoms with E-state index in [1.54, 1.807) is 0 Å². The molecule has 19 heteroatoms. The molecule has 98 heavy (non-hydrogen) atoms. The Bertz CT molecular complexity index is 1890. The minimum Gasteiger partial charge on any atom is -0.462 e. The molecule has 0 saturated heterocycles. The molecule has 0 saturated carbocycles. The molecule has 0 heterocycles. The van der Waals surface area contributed by atoms with E-state index in [1.165, 1.54) is 231 Å². The third kappa shape index (κ3) is 72.4. The summed E-state index contributed by atoms with van der Waals surface area (Å²) in [5.41, 5.74) is 0. The molecule has 0 radical (unpaired) electrons. The van der Waals surface area contributed by atoms with Crippen molar-refractivity contribution in [1.82, 2.24) is 0 Å². The smallest absolute Gasteiger partial charge is 0.462 e. The molecule has 17 nitrogen and oxygen atoms in total. The quantitative estimate of drug-likeness (QED) is 0.0222. The standard InChI is InChI=1S/C79H154O17P2/c1-7-9-11-13-15-17-19-21-22-23-26-29-33-36-43-49-55-61-76(81)89-67-74(95-79(84)64-58-52-46-38-34-30-27-24-25-28-31-35-41-47-53-59-71(3)4)69-93-97(85,86)91-65-73(80)66-92-98(87,88)94-70-75(68-90-77(82)62-56-50-44-40-39-42-48-54-60-72(5)6)96-78(83)63-57-51-45-37-32-20-18-16-14-12-10-8-2/h71-75,80H,7-70H2,1-6H3,(H,85,86)(H,87,88)/t73-,74-,75-/m1/s1. The third-order valence-electron chi connectivity index (χ3n) is 18.5. The number of carbonyl (C=O) groups is 4. The van der Waals surface area contributed by atoms with Crippen LogP contribution in [0.4, 0.5) is 0 Å². The Kier molecular flexibility index (Phi) is 69.3. The van der Waals surface area contributed by atoms with Crippen molar-refractivity contribution in [3.8, 4) is 0 Å². The summed E-state index contributed by atoms with van der Waals surface area (Å²) in [4.78, 5) is 72.9. The summed E-state index contributed by atoms with van der Waals surface area (Å²) in [5.74, 6) is -0.581. The molecule has 0 spiro atoms. The van der Waals surface area contributed by atoms with Crippen LogP contribution in [0.1, 0.15) is 414 Å². The number of ether oxygens (including phenoxy) is 4. The normalized spacial score (nSPS) is 13.9. The Hall–Kier alpha value is -1.94. The predicted molar refractivity (Wildman–Crippen MR) is 400 cm³/mol. The maximum absolute atomic E-state index is 13.1. The number of rotatable bonds is 78. The lowest BCUT2D eigenvalue weighted by molar-refractivity contribution is -0.161. The maximum atomic E-state index is 13.1. The van der Waals surface area contributed by atoms with Crippen LogP contribution in [0.25, 0.3) is 0 Å². The SMILES string of the molecule is CCCCCCCCCCCCCCCCCCCC(=O)OC[C@H](COP(=O)(O)OC[C@@H](O)COP(=O)(O)OC[C@@H](COC(=O)CCCCCCCCCCC(C)C)OC(=O)CCCCCCCCCCCCCC)OC(=O)CCCCCCCCCCCCCCCCCC(C)C. The number of esters is 4. The molecular weight excluding hydrogens is 1280 g/mol. The highest BCUT2D eigenvalue weighted by Crippen LogP contribution is 2.45. The van der Waals surface area contributed by atoms with E-state index >= 15 is 0 Å². The van der Waals surface area contributed by atoms with Crippen molar-refractivity contribution in [2.24, 2.45) is 11.8 Å². The van der Waals surface area contributed by atoms with Crippen molar-refractivity contribution in [1.29, 1.82) is 0 Å². The molecule has 0 aromatic rings. The third-order valence-corrected chi connectivity index (χ3v) is 20.4. The molecule has 3 N–H and O–H groups in total. The van der Waals surface area contributed by atoms with Gasteiger partial charge in [0.2, 0.25) is 0 Å². The largest absolute Gasteiger partial charge is 0.472 e. The van der Waals surface area contributed by atoms with Gasteiger partial charge in [-0.1, -0.05) is 363 Å². The fourth-order valence-corrected chi connectivity index (χ4v) is 13.8. The van der Waals surface area contributed by atoms with E-state index < -0.39 is 97.5 Å². The topological polar surface area (TPSA) is 237 Å². The summed E-state index contributed by atoms with van der Waals surface area (Å²) in [7, 11) is -9.92. The van der Waals surface area contributed by atoms with Gasteiger partial charge in [0.15, 0.2) is 12.2 Å². The molecule has 0 aromatic heterocycles. The number of hydrogen-bond acceptors (Lipinski definition) is 15. The first-order valence-corrected chi connectivity index (χ1v) is 44.0. The van der Waals surface area contributed by atoms with Crippen LogP contribution in [0.5, 0.6) is 0 Å². The van der Waals surface area contributed by atoms with Gasteiger partial charge in [0.05, 0.1) is 26.4 Å². The van der Waals surface area contributed by atoms with Crippen molar-refractivity contribution < 1.29 is 80.2 Å². The molecular formula is C79H154O17P2. The fourth-order valence-electron chi connectivity index (χ4n) is 12.2. The lowest BCUT2D eigenvalue weighted by atomic mass is 10.0. The highest BCUT2D eigenvalue weighted by molar-refractivity contribution is 7.47. The van der Waals surface area contributed by atoms with Crippen molar-refractivity contribution in [2.75, 3.05) is 39.6 Å². The average molecular weight is 1440 g/mol. The van der Waals surface area contributed by atoms with Gasteiger partial charge in [0.25, 0.3) is 0 Å². The minimum absolute atomic E-state index is 0.107. The number of phosphoric ester groups is 2. The Morgan fingerprint density at radius 3 is 0.694 bits per heavy atom. The predicted octanol–water partition coefficient (Wildman–Crippen LogP) is 23.5. The Balaban J connectivity index is 5.24. The molecule has 2 unspecified atom stereocenters. The van der Waals surface area contributed by atoms with Crippen LogP contribution >= 0.6 is 15.6 Å². The summed E-state index contributed by atoms with van der Waals surface area (Å²) in [6, 6.07) is 0. The van der Waals surface area contributed by atoms with Crippen LogP contribution in [0.15, 0.2) is 0 Å². The second-order valence-corrected chi connectivity index (χ2v) is 32.3. The van der Waals surface area contributed by atoms with E-state index in [0.29, 0.717) is 25.7 Å². The van der Waals surface area contributed by atoms with Crippen LogP contribution in [-0.4, -0.2) is 96.7 Å². The molecule has 0 aliphatic carbocycles. The number of unbranched alkanes of at least 4 members (excludes halogenated alkanes) is 48. The summed E-state index contributed by atoms with van der Waals surface area (Å²) in [6.45, 7) is 9.61. The number of aliphatic hydroxyl groups excluding tert-OH is 1. The van der Waals surface area contributed by atoms with Crippen LogP contribution in [0.3, 0.4) is 0 Å². The molecule has 0 aromatic carbocycles. The lowest BCUT2D eigenvalue weighted by Crippen LogP contribution is -2.30. The zero-order valence-electron chi connectivity index (χ0n) is 64.1. The van der Waals surface area contributed by atoms with Gasteiger partial charge in [-0.15, -0.1) is 0 Å². The molecule has 0 aliphatic rings. The van der Waals surface area contributed by atoms with Gasteiger partial charge in [-0.05, 0) is 37.5 Å². The molecule has 0 rings (SSSR count). The monoisotopic (exact) mass is 1440 g/mol. The highest BCUT2D eigenvalue weighted by Gasteiger charge is 2.30. The number of hydrogen-bond donors (Lipinski definition) is 3. The summed E-state index contributed by atoms with van der Waals surface area (Å²) in [5, 5.41) is 10.6. The fraction of sp³-hybridized carbons (Fsp3) is 0.949. The molecule has 582 valence electrons. The first-order valence-electron chi connectivity index (χ1n) is 41.0. The first-order chi connectivity index (χ1) is 47.4. The van der Waals surface area contributed by atoms with Gasteiger partial charge in [-0.25, -0.2) is 9.13 Å². The molecule has 0 fully saturated rings. The number of aliphatic hydroxyl groups is 1. The lowest BCUT2D eigenvalue weighted by Gasteiger charge is -2.21. The van der Waals surface area contributed by atoms with Crippen molar-refractivity contribution in [2.45, 2.75) is 432 Å². The second-order valence-electron chi connectivity index (χ2n) is 29.4.